The maximum absolute atomic E-state index is 13.5. The fourth-order valence-electron chi connectivity index (χ4n) is 5.28. The number of aryl methyl sites for hydroxylation is 1. The van der Waals surface area contributed by atoms with Crippen LogP contribution in [-0.2, 0) is 16.1 Å². The molecular weight excluding hydrogens is 426 g/mol. The van der Waals surface area contributed by atoms with Crippen LogP contribution in [0, 0.1) is 6.92 Å². The third-order valence-corrected chi connectivity index (χ3v) is 7.39. The number of benzene rings is 2. The second-order valence-corrected chi connectivity index (χ2v) is 9.55. The van der Waals surface area contributed by atoms with E-state index in [0.717, 1.165) is 48.2 Å². The Morgan fingerprint density at radius 1 is 0.971 bits per heavy atom. The number of piperidine rings is 1. The van der Waals surface area contributed by atoms with Crippen molar-refractivity contribution in [3.05, 3.63) is 59.7 Å². The molecule has 2 aliphatic heterocycles. The van der Waals surface area contributed by atoms with E-state index in [9.17, 15) is 9.59 Å². The van der Waals surface area contributed by atoms with E-state index in [1.165, 1.54) is 0 Å². The maximum atomic E-state index is 13.5. The highest BCUT2D eigenvalue weighted by Gasteiger charge is 2.32. The van der Waals surface area contributed by atoms with Crippen molar-refractivity contribution in [2.75, 3.05) is 31.6 Å². The molecule has 0 spiro atoms. The number of amides is 2. The summed E-state index contributed by atoms with van der Waals surface area (Å²) in [7, 11) is 2.18. The third-order valence-electron chi connectivity index (χ3n) is 7.39. The lowest BCUT2D eigenvalue weighted by Crippen LogP contribution is -2.51. The number of ether oxygens (including phenoxy) is 1. The van der Waals surface area contributed by atoms with Crippen molar-refractivity contribution >= 4 is 17.5 Å². The molecule has 2 bridgehead atoms. The number of nitrogens with zero attached hydrogens (tertiary/aromatic N) is 3. The van der Waals surface area contributed by atoms with Gasteiger partial charge in [0.25, 0.3) is 5.91 Å². The highest BCUT2D eigenvalue weighted by molar-refractivity contribution is 5.94. The predicted molar refractivity (Wildman–Crippen MR) is 135 cm³/mol. The zero-order valence-electron chi connectivity index (χ0n) is 20.7. The van der Waals surface area contributed by atoms with Gasteiger partial charge in [-0.2, -0.15) is 0 Å². The Morgan fingerprint density at radius 2 is 1.71 bits per heavy atom. The number of anilines is 1. The van der Waals surface area contributed by atoms with Crippen LogP contribution in [0.3, 0.4) is 0 Å². The van der Waals surface area contributed by atoms with Gasteiger partial charge in [0.1, 0.15) is 5.75 Å². The molecule has 2 heterocycles. The van der Waals surface area contributed by atoms with Crippen LogP contribution >= 0.6 is 0 Å². The molecular formula is C28H37N3O3. The van der Waals surface area contributed by atoms with E-state index in [1.54, 1.807) is 0 Å². The number of rotatable bonds is 4. The third kappa shape index (κ3) is 5.44. The van der Waals surface area contributed by atoms with E-state index >= 15 is 0 Å². The van der Waals surface area contributed by atoms with Gasteiger partial charge in [-0.15, -0.1) is 0 Å². The summed E-state index contributed by atoms with van der Waals surface area (Å²) in [6.45, 7) is 5.74. The lowest BCUT2D eigenvalue weighted by Gasteiger charge is -2.41. The second kappa shape index (κ2) is 11.0. The maximum Gasteiger partial charge on any atom is 0.260 e. The predicted octanol–water partition coefficient (Wildman–Crippen LogP) is 4.40. The fraction of sp³-hybridized carbons (Fsp3) is 0.500. The van der Waals surface area contributed by atoms with Gasteiger partial charge in [0, 0.05) is 43.8 Å². The Hall–Kier alpha value is -2.86. The van der Waals surface area contributed by atoms with Gasteiger partial charge in [-0.25, -0.2) is 0 Å². The van der Waals surface area contributed by atoms with Gasteiger partial charge in [0.05, 0.1) is 0 Å². The molecule has 2 aliphatic rings. The SMILES string of the molecule is CCC(=O)N1CCC2CCCC(CN(C(=O)COc3ccccc3C)Cc3ccccc31)N2C. The Bertz CT molecular complexity index is 1010. The van der Waals surface area contributed by atoms with Crippen molar-refractivity contribution in [1.82, 2.24) is 9.80 Å². The molecule has 6 nitrogen and oxygen atoms in total. The van der Waals surface area contributed by atoms with Gasteiger partial charge in [-0.3, -0.25) is 14.5 Å². The monoisotopic (exact) mass is 463 g/mol. The van der Waals surface area contributed by atoms with Crippen molar-refractivity contribution in [3.8, 4) is 5.75 Å². The van der Waals surface area contributed by atoms with Crippen molar-refractivity contribution < 1.29 is 14.3 Å². The van der Waals surface area contributed by atoms with Crippen molar-refractivity contribution in [3.63, 3.8) is 0 Å². The summed E-state index contributed by atoms with van der Waals surface area (Å²) in [6.07, 6.45) is 4.76. The Morgan fingerprint density at radius 3 is 2.50 bits per heavy atom. The molecule has 34 heavy (non-hydrogen) atoms. The van der Waals surface area contributed by atoms with E-state index in [2.05, 4.69) is 11.9 Å². The lowest BCUT2D eigenvalue weighted by atomic mass is 9.93. The van der Waals surface area contributed by atoms with Gasteiger partial charge < -0.3 is 14.5 Å². The van der Waals surface area contributed by atoms with Gasteiger partial charge in [-0.05, 0) is 56.5 Å². The van der Waals surface area contributed by atoms with E-state index in [1.807, 2.05) is 72.2 Å². The van der Waals surface area contributed by atoms with Crippen LogP contribution in [0.1, 0.15) is 50.2 Å². The number of hydrogen-bond acceptors (Lipinski definition) is 4. The first-order valence-electron chi connectivity index (χ1n) is 12.5. The summed E-state index contributed by atoms with van der Waals surface area (Å²) in [5, 5.41) is 0. The minimum absolute atomic E-state index is 0.00445. The highest BCUT2D eigenvalue weighted by atomic mass is 16.5. The number of carbonyl (C=O) groups is 2. The molecule has 1 saturated heterocycles. The molecule has 2 amide bonds. The standard InChI is InChI=1S/C28H37N3O3/c1-4-27(32)31-17-16-23-12-9-13-24(29(23)3)19-30(18-22-11-6-7-14-25(22)31)28(33)20-34-26-15-8-5-10-21(26)2/h5-8,10-11,14-15,23-24H,4,9,12-13,16-20H2,1-3H3. The molecule has 0 radical (unpaired) electrons. The van der Waals surface area contributed by atoms with Gasteiger partial charge in [0.2, 0.25) is 5.91 Å². The molecule has 0 aliphatic carbocycles. The van der Waals surface area contributed by atoms with Crippen LogP contribution < -0.4 is 9.64 Å². The number of para-hydroxylation sites is 2. The number of hydrogen-bond donors (Lipinski definition) is 0. The summed E-state index contributed by atoms with van der Waals surface area (Å²) in [4.78, 5) is 32.7. The largest absolute Gasteiger partial charge is 0.484 e. The quantitative estimate of drug-likeness (QED) is 0.674. The Kier molecular flexibility index (Phi) is 7.88. The summed E-state index contributed by atoms with van der Waals surface area (Å²) in [6, 6.07) is 16.5. The van der Waals surface area contributed by atoms with Crippen LogP contribution in [0.25, 0.3) is 0 Å². The first-order chi connectivity index (χ1) is 16.5. The molecule has 4 rings (SSSR count). The smallest absolute Gasteiger partial charge is 0.260 e. The van der Waals surface area contributed by atoms with Crippen LogP contribution in [0.4, 0.5) is 5.69 Å². The van der Waals surface area contributed by atoms with Crippen LogP contribution in [0.2, 0.25) is 0 Å². The summed E-state index contributed by atoms with van der Waals surface area (Å²) in [5.74, 6) is 0.840. The zero-order valence-corrected chi connectivity index (χ0v) is 20.7. The van der Waals surface area contributed by atoms with E-state index in [4.69, 9.17) is 4.74 Å². The molecule has 1 fully saturated rings. The molecule has 6 heteroatoms. The highest BCUT2D eigenvalue weighted by Crippen LogP contribution is 2.30. The molecule has 2 atom stereocenters. The average Bonchev–Trinajstić information content (AvgIpc) is 2.86. The average molecular weight is 464 g/mol. The van der Waals surface area contributed by atoms with Crippen LogP contribution in [0.5, 0.6) is 5.75 Å². The van der Waals surface area contributed by atoms with Crippen molar-refractivity contribution in [2.45, 2.75) is 64.6 Å². The van der Waals surface area contributed by atoms with Crippen molar-refractivity contribution in [2.24, 2.45) is 0 Å². The zero-order chi connectivity index (χ0) is 24.1. The molecule has 2 aromatic carbocycles. The fourth-order valence-corrected chi connectivity index (χ4v) is 5.28. The Balaban J connectivity index is 1.64. The van der Waals surface area contributed by atoms with E-state index < -0.39 is 0 Å². The van der Waals surface area contributed by atoms with Gasteiger partial charge in [-0.1, -0.05) is 49.7 Å². The first kappa shape index (κ1) is 24.3. The summed E-state index contributed by atoms with van der Waals surface area (Å²) < 4.78 is 5.93. The molecule has 0 aromatic heterocycles. The van der Waals surface area contributed by atoms with E-state index in [0.29, 0.717) is 38.1 Å². The minimum Gasteiger partial charge on any atom is -0.484 e. The number of fused-ring (bicyclic) bond motifs is 3. The normalized spacial score (nSPS) is 21.4. The summed E-state index contributed by atoms with van der Waals surface area (Å²) in [5.41, 5.74) is 2.94. The molecule has 182 valence electrons. The molecule has 2 aromatic rings. The topological polar surface area (TPSA) is 53.1 Å². The Labute approximate surface area is 203 Å². The van der Waals surface area contributed by atoms with E-state index in [-0.39, 0.29) is 18.4 Å². The first-order valence-corrected chi connectivity index (χ1v) is 12.5. The lowest BCUT2D eigenvalue weighted by molar-refractivity contribution is -0.135. The van der Waals surface area contributed by atoms with Crippen LogP contribution in [0.15, 0.2) is 48.5 Å². The number of likely N-dealkylation sites (N-methyl/N-ethyl adjacent to an activating group) is 1. The van der Waals surface area contributed by atoms with Gasteiger partial charge in [0.15, 0.2) is 6.61 Å². The van der Waals surface area contributed by atoms with Crippen LogP contribution in [-0.4, -0.2) is 60.4 Å². The van der Waals surface area contributed by atoms with Crippen molar-refractivity contribution in [1.29, 1.82) is 0 Å². The minimum atomic E-state index is -0.0267. The van der Waals surface area contributed by atoms with Gasteiger partial charge >= 0.3 is 0 Å². The number of carbonyl (C=O) groups excluding carboxylic acids is 2. The second-order valence-electron chi connectivity index (χ2n) is 9.55. The molecule has 0 saturated carbocycles. The molecule has 2 unspecified atom stereocenters. The summed E-state index contributed by atoms with van der Waals surface area (Å²) >= 11 is 0. The molecule has 0 N–H and O–H groups in total.